The van der Waals surface area contributed by atoms with Gasteiger partial charge in [-0.2, -0.15) is 23.5 Å². The second-order valence-electron chi connectivity index (χ2n) is 4.07. The van der Waals surface area contributed by atoms with Crippen molar-refractivity contribution in [2.45, 2.75) is 43.2 Å². The van der Waals surface area contributed by atoms with Crippen molar-refractivity contribution in [2.24, 2.45) is 5.73 Å². The largest absolute Gasteiger partial charge is 0.327 e. The average Bonchev–Trinajstić information content (AvgIpc) is 2.15. The zero-order chi connectivity index (χ0) is 10.6. The van der Waals surface area contributed by atoms with Gasteiger partial charge in [0.05, 0.1) is 0 Å². The fraction of sp³-hybridized carbons (Fsp3) is 0.818. The summed E-state index contributed by atoms with van der Waals surface area (Å²) in [5.41, 5.74) is 7.46. The van der Waals surface area contributed by atoms with E-state index in [9.17, 15) is 0 Å². The second-order valence-corrected chi connectivity index (χ2v) is 6.84. The molecule has 3 heteroatoms. The van der Waals surface area contributed by atoms with Gasteiger partial charge in [0.2, 0.25) is 0 Å². The van der Waals surface area contributed by atoms with Crippen LogP contribution in [0, 0.1) is 0 Å². The SMILES string of the molecule is C=C(C)CCC(N)C1SCCSC1C. The Bertz CT molecular complexity index is 194. The number of rotatable bonds is 4. The smallest absolute Gasteiger partial charge is 0.0315 e. The number of thioether (sulfide) groups is 2. The number of hydrogen-bond acceptors (Lipinski definition) is 3. The Balaban J connectivity index is 2.34. The topological polar surface area (TPSA) is 26.0 Å². The Morgan fingerprint density at radius 2 is 2.14 bits per heavy atom. The van der Waals surface area contributed by atoms with E-state index >= 15 is 0 Å². The summed E-state index contributed by atoms with van der Waals surface area (Å²) in [4.78, 5) is 0. The molecule has 0 aromatic rings. The van der Waals surface area contributed by atoms with Gasteiger partial charge in [-0.05, 0) is 19.8 Å². The summed E-state index contributed by atoms with van der Waals surface area (Å²) in [5.74, 6) is 2.55. The molecule has 0 amide bonds. The molecule has 0 saturated carbocycles. The predicted molar refractivity (Wildman–Crippen MR) is 70.2 cm³/mol. The van der Waals surface area contributed by atoms with Gasteiger partial charge in [-0.3, -0.25) is 0 Å². The second kappa shape index (κ2) is 6.09. The van der Waals surface area contributed by atoms with Crippen LogP contribution in [0.1, 0.15) is 26.7 Å². The van der Waals surface area contributed by atoms with Crippen LogP contribution in [0.4, 0.5) is 0 Å². The highest BCUT2D eigenvalue weighted by Crippen LogP contribution is 2.33. The Kier molecular flexibility index (Phi) is 5.42. The lowest BCUT2D eigenvalue weighted by Crippen LogP contribution is -2.40. The summed E-state index contributed by atoms with van der Waals surface area (Å²) in [6, 6.07) is 0.347. The maximum atomic E-state index is 6.21. The van der Waals surface area contributed by atoms with Crippen molar-refractivity contribution in [3.8, 4) is 0 Å². The average molecular weight is 231 g/mol. The van der Waals surface area contributed by atoms with Gasteiger partial charge in [0.15, 0.2) is 0 Å². The molecular weight excluding hydrogens is 210 g/mol. The summed E-state index contributed by atoms with van der Waals surface area (Å²) in [6.45, 7) is 8.31. The van der Waals surface area contributed by atoms with Gasteiger partial charge in [-0.1, -0.05) is 12.5 Å². The maximum absolute atomic E-state index is 6.21. The molecule has 1 saturated heterocycles. The summed E-state index contributed by atoms with van der Waals surface area (Å²) >= 11 is 4.12. The van der Waals surface area contributed by atoms with Crippen LogP contribution in [0.5, 0.6) is 0 Å². The highest BCUT2D eigenvalue weighted by Gasteiger charge is 2.27. The van der Waals surface area contributed by atoms with E-state index in [1.165, 1.54) is 17.1 Å². The molecule has 0 aliphatic carbocycles. The molecule has 0 spiro atoms. The molecule has 1 aliphatic heterocycles. The summed E-state index contributed by atoms with van der Waals surface area (Å²) in [6.07, 6.45) is 2.17. The molecule has 1 aliphatic rings. The van der Waals surface area contributed by atoms with Gasteiger partial charge in [-0.25, -0.2) is 0 Å². The van der Waals surface area contributed by atoms with Crippen molar-refractivity contribution in [2.75, 3.05) is 11.5 Å². The molecule has 3 atom stereocenters. The highest BCUT2D eigenvalue weighted by molar-refractivity contribution is 8.07. The van der Waals surface area contributed by atoms with E-state index < -0.39 is 0 Å². The van der Waals surface area contributed by atoms with Gasteiger partial charge in [0, 0.05) is 28.0 Å². The third kappa shape index (κ3) is 3.87. The van der Waals surface area contributed by atoms with Gasteiger partial charge >= 0.3 is 0 Å². The molecule has 82 valence electrons. The number of nitrogens with two attached hydrogens (primary N) is 1. The lowest BCUT2D eigenvalue weighted by molar-refractivity contribution is 0.578. The third-order valence-corrected chi connectivity index (χ3v) is 5.84. The zero-order valence-electron chi connectivity index (χ0n) is 9.16. The van der Waals surface area contributed by atoms with Crippen LogP contribution in [-0.4, -0.2) is 28.0 Å². The van der Waals surface area contributed by atoms with Crippen LogP contribution in [-0.2, 0) is 0 Å². The fourth-order valence-corrected chi connectivity index (χ4v) is 4.63. The van der Waals surface area contributed by atoms with Crippen LogP contribution in [0.15, 0.2) is 12.2 Å². The molecule has 0 radical (unpaired) electrons. The standard InChI is InChI=1S/C11H21NS2/c1-8(2)4-5-10(12)11-9(3)13-6-7-14-11/h9-11H,1,4-7,12H2,2-3H3. The highest BCUT2D eigenvalue weighted by atomic mass is 32.2. The van der Waals surface area contributed by atoms with E-state index in [1.807, 2.05) is 0 Å². The summed E-state index contributed by atoms with van der Waals surface area (Å²) < 4.78 is 0. The molecular formula is C11H21NS2. The van der Waals surface area contributed by atoms with E-state index in [0.29, 0.717) is 16.5 Å². The van der Waals surface area contributed by atoms with Crippen molar-refractivity contribution in [1.29, 1.82) is 0 Å². The molecule has 1 fully saturated rings. The van der Waals surface area contributed by atoms with E-state index in [0.717, 1.165) is 12.8 Å². The summed E-state index contributed by atoms with van der Waals surface area (Å²) in [5, 5.41) is 1.36. The first kappa shape index (κ1) is 12.5. The number of hydrogen-bond donors (Lipinski definition) is 1. The first-order valence-electron chi connectivity index (χ1n) is 5.24. The van der Waals surface area contributed by atoms with Crippen LogP contribution < -0.4 is 5.73 Å². The first-order chi connectivity index (χ1) is 6.61. The zero-order valence-corrected chi connectivity index (χ0v) is 10.8. The Labute approximate surface area is 96.3 Å². The van der Waals surface area contributed by atoms with Crippen molar-refractivity contribution in [1.82, 2.24) is 0 Å². The minimum absolute atomic E-state index is 0.347. The molecule has 14 heavy (non-hydrogen) atoms. The molecule has 2 N–H and O–H groups in total. The molecule has 0 aromatic heterocycles. The summed E-state index contributed by atoms with van der Waals surface area (Å²) in [7, 11) is 0. The van der Waals surface area contributed by atoms with Crippen molar-refractivity contribution >= 4 is 23.5 Å². The lowest BCUT2D eigenvalue weighted by atomic mass is 10.0. The van der Waals surface area contributed by atoms with Crippen molar-refractivity contribution < 1.29 is 0 Å². The van der Waals surface area contributed by atoms with Gasteiger partial charge in [-0.15, -0.1) is 6.58 Å². The predicted octanol–water partition coefficient (Wildman–Crippen LogP) is 2.91. The molecule has 1 heterocycles. The number of allylic oxidation sites excluding steroid dienone is 1. The Hall–Kier alpha value is 0.400. The molecule has 1 nitrogen and oxygen atoms in total. The lowest BCUT2D eigenvalue weighted by Gasteiger charge is -2.32. The van der Waals surface area contributed by atoms with E-state index in [4.69, 9.17) is 5.73 Å². The minimum Gasteiger partial charge on any atom is -0.327 e. The van der Waals surface area contributed by atoms with Gasteiger partial charge in [0.1, 0.15) is 0 Å². The van der Waals surface area contributed by atoms with E-state index in [-0.39, 0.29) is 0 Å². The first-order valence-corrected chi connectivity index (χ1v) is 7.34. The quantitative estimate of drug-likeness (QED) is 0.754. The van der Waals surface area contributed by atoms with Crippen LogP contribution in [0.2, 0.25) is 0 Å². The van der Waals surface area contributed by atoms with Crippen LogP contribution in [0.25, 0.3) is 0 Å². The van der Waals surface area contributed by atoms with Gasteiger partial charge < -0.3 is 5.73 Å². The fourth-order valence-electron chi connectivity index (χ4n) is 1.70. The van der Waals surface area contributed by atoms with Crippen molar-refractivity contribution in [3.63, 3.8) is 0 Å². The van der Waals surface area contributed by atoms with E-state index in [2.05, 4.69) is 44.0 Å². The minimum atomic E-state index is 0.347. The molecule has 0 aromatic carbocycles. The molecule has 3 unspecified atom stereocenters. The third-order valence-electron chi connectivity index (χ3n) is 2.56. The van der Waals surface area contributed by atoms with Gasteiger partial charge in [0.25, 0.3) is 0 Å². The Morgan fingerprint density at radius 1 is 1.50 bits per heavy atom. The maximum Gasteiger partial charge on any atom is 0.0315 e. The molecule has 1 rings (SSSR count). The van der Waals surface area contributed by atoms with Crippen molar-refractivity contribution in [3.05, 3.63) is 12.2 Å². The monoisotopic (exact) mass is 231 g/mol. The Morgan fingerprint density at radius 3 is 2.71 bits per heavy atom. The molecule has 0 bridgehead atoms. The van der Waals surface area contributed by atoms with Crippen LogP contribution >= 0.6 is 23.5 Å². The van der Waals surface area contributed by atoms with Crippen LogP contribution in [0.3, 0.4) is 0 Å². The van der Waals surface area contributed by atoms with E-state index in [1.54, 1.807) is 0 Å². The normalized spacial score (nSPS) is 29.9.